The van der Waals surface area contributed by atoms with Crippen molar-refractivity contribution in [1.29, 1.82) is 0 Å². The Balaban J connectivity index is 2.16. The van der Waals surface area contributed by atoms with Crippen molar-refractivity contribution in [2.75, 3.05) is 12.8 Å². The van der Waals surface area contributed by atoms with Crippen LogP contribution in [0.5, 0.6) is 5.75 Å². The minimum absolute atomic E-state index is 0.0479. The first-order valence-electron chi connectivity index (χ1n) is 8.53. The normalized spacial score (nSPS) is 11.2. The van der Waals surface area contributed by atoms with Crippen molar-refractivity contribution < 1.29 is 23.1 Å². The number of sulfone groups is 1. The van der Waals surface area contributed by atoms with Gasteiger partial charge in [0, 0.05) is 0 Å². The monoisotopic (exact) mass is 431 g/mol. The Kier molecular flexibility index (Phi) is 5.81. The number of aromatic carboxylic acids is 1. The molecule has 0 fully saturated rings. The fourth-order valence-electron chi connectivity index (χ4n) is 2.95. The molecule has 0 atom stereocenters. The van der Waals surface area contributed by atoms with E-state index in [1.54, 1.807) is 0 Å². The van der Waals surface area contributed by atoms with Gasteiger partial charge < -0.3 is 15.6 Å². The summed E-state index contributed by atoms with van der Waals surface area (Å²) in [6.45, 7) is 0. The van der Waals surface area contributed by atoms with E-state index in [1.165, 1.54) is 31.4 Å². The third-order valence-electron chi connectivity index (χ3n) is 4.48. The number of benzene rings is 3. The average molecular weight is 432 g/mol. The molecule has 0 bridgehead atoms. The highest BCUT2D eigenvalue weighted by atomic mass is 35.5. The summed E-state index contributed by atoms with van der Waals surface area (Å²) in [5.74, 6) is -0.802. The molecule has 0 heterocycles. The van der Waals surface area contributed by atoms with Crippen LogP contribution in [0.3, 0.4) is 0 Å². The summed E-state index contributed by atoms with van der Waals surface area (Å²) in [5, 5.41) is 9.59. The zero-order valence-corrected chi connectivity index (χ0v) is 17.0. The van der Waals surface area contributed by atoms with E-state index in [4.69, 9.17) is 22.1 Å². The SMILES string of the molecule is COc1ccc(S(=O)(=O)c2cc(C(=O)O)c(Cc3ccccc3)c(Cl)c2N)cc1. The predicted octanol–water partition coefficient (Wildman–Crippen LogP) is 4.05. The van der Waals surface area contributed by atoms with Gasteiger partial charge in [-0.05, 0) is 47.9 Å². The van der Waals surface area contributed by atoms with E-state index in [0.29, 0.717) is 5.75 Å². The van der Waals surface area contributed by atoms with E-state index in [0.717, 1.165) is 11.6 Å². The topological polar surface area (TPSA) is 107 Å². The van der Waals surface area contributed by atoms with Crippen molar-refractivity contribution in [1.82, 2.24) is 0 Å². The summed E-state index contributed by atoms with van der Waals surface area (Å²) in [4.78, 5) is 11.5. The maximum absolute atomic E-state index is 13.1. The number of ether oxygens (including phenoxy) is 1. The highest BCUT2D eigenvalue weighted by Gasteiger charge is 2.27. The minimum Gasteiger partial charge on any atom is -0.497 e. The average Bonchev–Trinajstić information content (AvgIpc) is 2.72. The molecule has 3 rings (SSSR count). The third-order valence-corrected chi connectivity index (χ3v) is 6.72. The quantitative estimate of drug-likeness (QED) is 0.570. The molecule has 0 unspecified atom stereocenters. The molecule has 0 aromatic heterocycles. The van der Waals surface area contributed by atoms with Gasteiger partial charge >= 0.3 is 5.97 Å². The van der Waals surface area contributed by atoms with E-state index >= 15 is 0 Å². The maximum Gasteiger partial charge on any atom is 0.336 e. The first-order chi connectivity index (χ1) is 13.8. The molecule has 0 aliphatic carbocycles. The summed E-state index contributed by atoms with van der Waals surface area (Å²) in [6.07, 6.45) is 0.203. The summed E-state index contributed by atoms with van der Waals surface area (Å²) in [5.41, 5.74) is 6.75. The Morgan fingerprint density at radius 1 is 1.10 bits per heavy atom. The van der Waals surface area contributed by atoms with Gasteiger partial charge in [0.25, 0.3) is 0 Å². The van der Waals surface area contributed by atoms with Gasteiger partial charge in [0.05, 0.1) is 33.2 Å². The Bertz CT molecular complexity index is 1160. The molecule has 0 aliphatic heterocycles. The summed E-state index contributed by atoms with van der Waals surface area (Å²) >= 11 is 6.37. The lowest BCUT2D eigenvalue weighted by molar-refractivity contribution is 0.0695. The molecule has 0 aliphatic rings. The van der Waals surface area contributed by atoms with E-state index < -0.39 is 15.8 Å². The second-order valence-corrected chi connectivity index (χ2v) is 8.57. The zero-order valence-electron chi connectivity index (χ0n) is 15.4. The number of methoxy groups -OCH3 is 1. The van der Waals surface area contributed by atoms with Gasteiger partial charge in [0.2, 0.25) is 9.84 Å². The molecule has 150 valence electrons. The number of nitrogen functional groups attached to an aromatic ring is 1. The van der Waals surface area contributed by atoms with Crippen LogP contribution in [0.15, 0.2) is 70.5 Å². The number of hydrogen-bond donors (Lipinski definition) is 2. The Morgan fingerprint density at radius 2 is 1.72 bits per heavy atom. The molecule has 3 aromatic carbocycles. The first-order valence-corrected chi connectivity index (χ1v) is 10.4. The maximum atomic E-state index is 13.1. The largest absolute Gasteiger partial charge is 0.497 e. The highest BCUT2D eigenvalue weighted by Crippen LogP contribution is 2.37. The lowest BCUT2D eigenvalue weighted by atomic mass is 9.99. The molecule has 0 amide bonds. The fraction of sp³-hybridized carbons (Fsp3) is 0.0952. The molecule has 3 N–H and O–H groups in total. The van der Waals surface area contributed by atoms with Crippen LogP contribution >= 0.6 is 11.6 Å². The van der Waals surface area contributed by atoms with Gasteiger partial charge in [0.1, 0.15) is 5.75 Å². The Morgan fingerprint density at radius 3 is 2.28 bits per heavy atom. The molecule has 3 aromatic rings. The number of carboxylic acid groups (broad SMARTS) is 1. The van der Waals surface area contributed by atoms with E-state index in [1.807, 2.05) is 30.3 Å². The fourth-order valence-corrected chi connectivity index (χ4v) is 4.69. The Hall–Kier alpha value is -3.03. The second kappa shape index (κ2) is 8.14. The number of halogens is 1. The first kappa shape index (κ1) is 20.7. The highest BCUT2D eigenvalue weighted by molar-refractivity contribution is 7.91. The van der Waals surface area contributed by atoms with Crippen molar-refractivity contribution in [3.05, 3.63) is 82.4 Å². The molecule has 6 nitrogen and oxygen atoms in total. The van der Waals surface area contributed by atoms with Gasteiger partial charge in [-0.1, -0.05) is 41.9 Å². The van der Waals surface area contributed by atoms with Crippen LogP contribution in [0.1, 0.15) is 21.5 Å². The molecule has 0 radical (unpaired) electrons. The van der Waals surface area contributed by atoms with Crippen molar-refractivity contribution in [2.24, 2.45) is 0 Å². The van der Waals surface area contributed by atoms with Crippen LogP contribution in [0.25, 0.3) is 0 Å². The molecule has 0 spiro atoms. The molecule has 0 saturated carbocycles. The number of carbonyl (C=O) groups is 1. The summed E-state index contributed by atoms with van der Waals surface area (Å²) < 4.78 is 31.2. The van der Waals surface area contributed by atoms with Crippen molar-refractivity contribution in [3.8, 4) is 5.75 Å². The third kappa shape index (κ3) is 4.06. The van der Waals surface area contributed by atoms with Gasteiger partial charge in [-0.3, -0.25) is 0 Å². The van der Waals surface area contributed by atoms with Crippen LogP contribution < -0.4 is 10.5 Å². The van der Waals surface area contributed by atoms with Crippen molar-refractivity contribution in [3.63, 3.8) is 0 Å². The predicted molar refractivity (Wildman–Crippen MR) is 111 cm³/mol. The van der Waals surface area contributed by atoms with Gasteiger partial charge in [-0.2, -0.15) is 0 Å². The minimum atomic E-state index is -4.09. The number of hydrogen-bond acceptors (Lipinski definition) is 5. The summed E-state index contributed by atoms with van der Waals surface area (Å²) in [7, 11) is -2.63. The van der Waals surface area contributed by atoms with Gasteiger partial charge in [-0.15, -0.1) is 0 Å². The van der Waals surface area contributed by atoms with Gasteiger partial charge in [0.15, 0.2) is 0 Å². The van der Waals surface area contributed by atoms with Crippen LogP contribution in [0.2, 0.25) is 5.02 Å². The van der Waals surface area contributed by atoms with Crippen LogP contribution in [-0.2, 0) is 16.3 Å². The van der Waals surface area contributed by atoms with Crippen molar-refractivity contribution in [2.45, 2.75) is 16.2 Å². The zero-order chi connectivity index (χ0) is 21.2. The number of carboxylic acids is 1. The van der Waals surface area contributed by atoms with Gasteiger partial charge in [-0.25, -0.2) is 13.2 Å². The number of rotatable bonds is 6. The van der Waals surface area contributed by atoms with E-state index in [-0.39, 0.29) is 38.0 Å². The van der Waals surface area contributed by atoms with Crippen LogP contribution in [0.4, 0.5) is 5.69 Å². The molecule has 8 heteroatoms. The van der Waals surface area contributed by atoms with E-state index in [9.17, 15) is 18.3 Å². The lowest BCUT2D eigenvalue weighted by Crippen LogP contribution is -2.12. The molecular weight excluding hydrogens is 414 g/mol. The van der Waals surface area contributed by atoms with E-state index in [2.05, 4.69) is 0 Å². The number of nitrogens with two attached hydrogens (primary N) is 1. The van der Waals surface area contributed by atoms with Crippen molar-refractivity contribution >= 4 is 33.1 Å². The summed E-state index contributed by atoms with van der Waals surface area (Å²) in [6, 6.07) is 15.9. The smallest absolute Gasteiger partial charge is 0.336 e. The van der Waals surface area contributed by atoms with Crippen LogP contribution in [0, 0.1) is 0 Å². The van der Waals surface area contributed by atoms with Crippen LogP contribution in [-0.4, -0.2) is 26.6 Å². The Labute approximate surface area is 173 Å². The number of anilines is 1. The second-order valence-electron chi connectivity index (χ2n) is 6.27. The molecule has 29 heavy (non-hydrogen) atoms. The molecule has 0 saturated heterocycles. The standard InChI is InChI=1S/C21H18ClNO5S/c1-28-14-7-9-15(10-8-14)29(26,27)18-12-17(21(24)25)16(19(22)20(18)23)11-13-5-3-2-4-6-13/h2-10,12H,11,23H2,1H3,(H,24,25). The lowest BCUT2D eigenvalue weighted by Gasteiger charge is -2.16. The molecular formula is C21H18ClNO5S.